The van der Waals surface area contributed by atoms with E-state index in [9.17, 15) is 0 Å². The number of hydrogen-bond donors (Lipinski definition) is 0. The average molecular weight is 367 g/mol. The van der Waals surface area contributed by atoms with E-state index in [-0.39, 0.29) is 0 Å². The Kier molecular flexibility index (Phi) is 3.95. The largest absolute Gasteiger partial charge is 0.236 e. The molecule has 3 aromatic carbocycles. The molecule has 2 heterocycles. The molecule has 3 heteroatoms. The van der Waals surface area contributed by atoms with Gasteiger partial charge < -0.3 is 0 Å². The Bertz CT molecular complexity index is 1260. The Morgan fingerprint density at radius 1 is 0.889 bits per heavy atom. The summed E-state index contributed by atoms with van der Waals surface area (Å²) in [4.78, 5) is 4.86. The van der Waals surface area contributed by atoms with Gasteiger partial charge in [-0.05, 0) is 36.8 Å². The quantitative estimate of drug-likeness (QED) is 0.480. The summed E-state index contributed by atoms with van der Waals surface area (Å²) in [7, 11) is 0. The van der Waals surface area contributed by atoms with Crippen LogP contribution in [0.2, 0.25) is 0 Å². The molecule has 1 aliphatic heterocycles. The number of thiazole rings is 1. The number of aromatic nitrogens is 1. The van der Waals surface area contributed by atoms with Gasteiger partial charge >= 0.3 is 0 Å². The lowest BCUT2D eigenvalue weighted by molar-refractivity contribution is 0.786. The molecule has 0 atom stereocenters. The van der Waals surface area contributed by atoms with Crippen LogP contribution in [0.3, 0.4) is 0 Å². The highest BCUT2D eigenvalue weighted by Crippen LogP contribution is 2.29. The predicted molar refractivity (Wildman–Crippen MR) is 115 cm³/mol. The Hall–Kier alpha value is -3.04. The minimum absolute atomic E-state index is 0.850. The molecule has 0 bridgehead atoms. The van der Waals surface area contributed by atoms with Gasteiger partial charge in [0.1, 0.15) is 5.01 Å². The molecule has 0 spiro atoms. The normalized spacial score (nSPS) is 15.4. The summed E-state index contributed by atoms with van der Waals surface area (Å²) in [5.41, 5.74) is 4.87. The Labute approximate surface area is 162 Å². The summed E-state index contributed by atoms with van der Waals surface area (Å²) in [6.45, 7) is 3.05. The van der Waals surface area contributed by atoms with Crippen molar-refractivity contribution in [2.24, 2.45) is 0 Å². The maximum atomic E-state index is 4.86. The van der Waals surface area contributed by atoms with Gasteiger partial charge in [-0.3, -0.25) is 0 Å². The predicted octanol–water partition coefficient (Wildman–Crippen LogP) is 4.39. The molecule has 5 rings (SSSR count). The molecule has 0 amide bonds. The second kappa shape index (κ2) is 6.60. The third-order valence-electron chi connectivity index (χ3n) is 5.05. The fraction of sp³-hybridized carbons (Fsp3) is 0.0833. The van der Waals surface area contributed by atoms with Crippen LogP contribution in [0.1, 0.15) is 11.9 Å². The van der Waals surface area contributed by atoms with Crippen molar-refractivity contribution in [3.63, 3.8) is 0 Å². The zero-order valence-corrected chi connectivity index (χ0v) is 15.9. The van der Waals surface area contributed by atoms with E-state index in [1.54, 1.807) is 11.3 Å². The lowest BCUT2D eigenvalue weighted by Crippen LogP contribution is -2.41. The van der Waals surface area contributed by atoms with E-state index < -0.39 is 0 Å². The van der Waals surface area contributed by atoms with Crippen molar-refractivity contribution in [1.82, 2.24) is 9.56 Å². The lowest BCUT2D eigenvalue weighted by atomic mass is 10.0. The fourth-order valence-corrected chi connectivity index (χ4v) is 4.58. The second-order valence-electron chi connectivity index (χ2n) is 6.76. The fourth-order valence-electron chi connectivity index (χ4n) is 3.58. The van der Waals surface area contributed by atoms with Crippen LogP contribution in [0.25, 0.3) is 21.9 Å². The molecular formula is C24H19N2S+. The molecular weight excluding hydrogens is 348 g/mol. The first-order valence-electron chi connectivity index (χ1n) is 9.12. The van der Waals surface area contributed by atoms with Crippen LogP contribution < -0.4 is 15.2 Å². The summed E-state index contributed by atoms with van der Waals surface area (Å²) < 4.78 is 3.63. The number of rotatable bonds is 2. The van der Waals surface area contributed by atoms with Gasteiger partial charge in [0.2, 0.25) is 11.0 Å². The third kappa shape index (κ3) is 2.90. The highest BCUT2D eigenvalue weighted by molar-refractivity contribution is 7.19. The molecule has 4 aromatic rings. The topological polar surface area (TPSA) is 15.9 Å². The molecule has 0 saturated carbocycles. The van der Waals surface area contributed by atoms with Crippen LogP contribution in [0.15, 0.2) is 84.4 Å². The van der Waals surface area contributed by atoms with Gasteiger partial charge in [-0.25, -0.2) is 4.98 Å². The van der Waals surface area contributed by atoms with Gasteiger partial charge in [0.15, 0.2) is 6.54 Å². The lowest BCUT2D eigenvalue weighted by Gasteiger charge is -2.11. The van der Waals surface area contributed by atoms with E-state index in [0.29, 0.717) is 0 Å². The van der Waals surface area contributed by atoms with Crippen molar-refractivity contribution in [2.75, 3.05) is 6.54 Å². The monoisotopic (exact) mass is 367 g/mol. The molecule has 0 unspecified atom stereocenters. The molecule has 0 N–H and O–H groups in total. The van der Waals surface area contributed by atoms with Crippen molar-refractivity contribution in [3.05, 3.63) is 100 Å². The van der Waals surface area contributed by atoms with Crippen LogP contribution in [-0.4, -0.2) is 11.5 Å². The number of benzene rings is 3. The summed E-state index contributed by atoms with van der Waals surface area (Å²) in [5.74, 6) is 0. The number of nitrogens with zero attached hydrogens (tertiary/aromatic N) is 2. The Balaban J connectivity index is 1.71. The maximum absolute atomic E-state index is 4.86. The van der Waals surface area contributed by atoms with Crippen LogP contribution in [0, 0.1) is 0 Å². The number of fused-ring (bicyclic) bond motifs is 2. The van der Waals surface area contributed by atoms with Crippen LogP contribution in [-0.2, 0) is 0 Å². The summed E-state index contributed by atoms with van der Waals surface area (Å²) in [6, 6.07) is 27.6. The van der Waals surface area contributed by atoms with Crippen molar-refractivity contribution < 1.29 is 0 Å². The number of allylic oxidation sites excluding steroid dienone is 1. The first-order chi connectivity index (χ1) is 13.3. The molecule has 0 fully saturated rings. The standard InChI is InChI=1S/C24H19N2S/c1-17(24-25-21-12-6-8-14-23(21)27-24)19-15-18-9-5-7-13-22(18)26(16-19)20-10-3-2-4-11-20/h2-15H,16H2,1H3/q+1. The summed E-state index contributed by atoms with van der Waals surface area (Å²) in [6.07, 6.45) is 2.32. The van der Waals surface area contributed by atoms with E-state index in [4.69, 9.17) is 4.98 Å². The van der Waals surface area contributed by atoms with Crippen molar-refractivity contribution in [2.45, 2.75) is 6.92 Å². The average Bonchev–Trinajstić information content (AvgIpc) is 3.17. The van der Waals surface area contributed by atoms with Gasteiger partial charge in [0, 0.05) is 29.0 Å². The Morgan fingerprint density at radius 2 is 1.63 bits per heavy atom. The minimum Gasteiger partial charge on any atom is -0.236 e. The van der Waals surface area contributed by atoms with Gasteiger partial charge in [-0.15, -0.1) is 11.3 Å². The SMILES string of the molecule is CC(=C1C=c2ccccc2=[N+](c2ccccc2)C1)c1nc2ccccc2s1. The van der Waals surface area contributed by atoms with Gasteiger partial charge in [-0.2, -0.15) is 4.58 Å². The first-order valence-corrected chi connectivity index (χ1v) is 9.93. The smallest absolute Gasteiger partial charge is 0.213 e. The zero-order valence-electron chi connectivity index (χ0n) is 15.1. The molecule has 1 aromatic heterocycles. The van der Waals surface area contributed by atoms with Crippen LogP contribution >= 0.6 is 11.3 Å². The highest BCUT2D eigenvalue weighted by Gasteiger charge is 2.20. The summed E-state index contributed by atoms with van der Waals surface area (Å²) >= 11 is 1.77. The van der Waals surface area contributed by atoms with E-state index in [1.807, 2.05) is 0 Å². The van der Waals surface area contributed by atoms with Crippen LogP contribution in [0.5, 0.6) is 0 Å². The van der Waals surface area contributed by atoms with E-state index in [1.165, 1.54) is 32.1 Å². The third-order valence-corrected chi connectivity index (χ3v) is 6.21. The maximum Gasteiger partial charge on any atom is 0.213 e. The molecule has 27 heavy (non-hydrogen) atoms. The molecule has 0 aliphatic carbocycles. The second-order valence-corrected chi connectivity index (χ2v) is 7.79. The molecule has 2 nitrogen and oxygen atoms in total. The highest BCUT2D eigenvalue weighted by atomic mass is 32.1. The molecule has 0 radical (unpaired) electrons. The van der Waals surface area contributed by atoms with E-state index in [2.05, 4.69) is 96.4 Å². The Morgan fingerprint density at radius 3 is 2.48 bits per heavy atom. The van der Waals surface area contributed by atoms with Crippen LogP contribution in [0.4, 0.5) is 5.69 Å². The van der Waals surface area contributed by atoms with Gasteiger partial charge in [0.05, 0.1) is 10.2 Å². The van der Waals surface area contributed by atoms with Gasteiger partial charge in [0.25, 0.3) is 0 Å². The number of hydrogen-bond acceptors (Lipinski definition) is 2. The molecule has 0 saturated heterocycles. The zero-order chi connectivity index (χ0) is 18.2. The van der Waals surface area contributed by atoms with E-state index >= 15 is 0 Å². The molecule has 130 valence electrons. The number of para-hydroxylation sites is 3. The first kappa shape index (κ1) is 16.2. The van der Waals surface area contributed by atoms with Gasteiger partial charge in [-0.1, -0.05) is 42.5 Å². The molecule has 1 aliphatic rings. The summed E-state index contributed by atoms with van der Waals surface area (Å²) in [5, 5.41) is 3.61. The van der Waals surface area contributed by atoms with Crippen molar-refractivity contribution in [1.29, 1.82) is 0 Å². The minimum atomic E-state index is 0.850. The van der Waals surface area contributed by atoms with Crippen molar-refractivity contribution >= 4 is 38.9 Å². The van der Waals surface area contributed by atoms with E-state index in [0.717, 1.165) is 17.1 Å². The van der Waals surface area contributed by atoms with Crippen molar-refractivity contribution in [3.8, 4) is 0 Å².